The van der Waals surface area contributed by atoms with Crippen molar-refractivity contribution in [3.63, 3.8) is 0 Å². The molecule has 0 saturated heterocycles. The Morgan fingerprint density at radius 3 is 2.68 bits per heavy atom. The number of aryl methyl sites for hydroxylation is 2. The lowest BCUT2D eigenvalue weighted by Crippen LogP contribution is -2.05. The Morgan fingerprint density at radius 1 is 1.18 bits per heavy atom. The molecule has 1 aromatic heterocycles. The van der Waals surface area contributed by atoms with Gasteiger partial charge in [0.15, 0.2) is 0 Å². The molecular formula is C18H15ClN2O. The van der Waals surface area contributed by atoms with E-state index in [1.165, 1.54) is 6.08 Å². The van der Waals surface area contributed by atoms with Crippen molar-refractivity contribution < 1.29 is 4.79 Å². The molecule has 0 aliphatic carbocycles. The van der Waals surface area contributed by atoms with Gasteiger partial charge in [-0.2, -0.15) is 0 Å². The average Bonchev–Trinajstić information content (AvgIpc) is 2.89. The first kappa shape index (κ1) is 14.5. The molecule has 0 amide bonds. The van der Waals surface area contributed by atoms with E-state index in [1.54, 1.807) is 23.0 Å². The van der Waals surface area contributed by atoms with Crippen LogP contribution in [0.5, 0.6) is 0 Å². The Kier molecular flexibility index (Phi) is 3.82. The lowest BCUT2D eigenvalue weighted by molar-refractivity contribution is 0.0974. The maximum absolute atomic E-state index is 12.4. The van der Waals surface area contributed by atoms with Gasteiger partial charge in [0.1, 0.15) is 6.33 Å². The first-order valence-electron chi connectivity index (χ1n) is 6.97. The SMILES string of the molecule is Cc1cc2ncn(C(=O)C=Cc3ccccc3Cl)c2cc1C. The molecule has 3 aromatic rings. The number of hydrogen-bond donors (Lipinski definition) is 0. The minimum atomic E-state index is -0.148. The Hall–Kier alpha value is -2.39. The van der Waals surface area contributed by atoms with Crippen LogP contribution >= 0.6 is 11.6 Å². The fourth-order valence-electron chi connectivity index (χ4n) is 2.29. The number of hydrogen-bond acceptors (Lipinski definition) is 2. The van der Waals surface area contributed by atoms with Crippen molar-refractivity contribution in [3.8, 4) is 0 Å². The topological polar surface area (TPSA) is 34.9 Å². The van der Waals surface area contributed by atoms with E-state index in [9.17, 15) is 4.79 Å². The predicted molar refractivity (Wildman–Crippen MR) is 90.3 cm³/mol. The van der Waals surface area contributed by atoms with Crippen LogP contribution in [0, 0.1) is 13.8 Å². The molecule has 0 radical (unpaired) electrons. The molecule has 1 heterocycles. The molecule has 0 fully saturated rings. The summed E-state index contributed by atoms with van der Waals surface area (Å²) in [6.45, 7) is 4.06. The smallest absolute Gasteiger partial charge is 0.256 e. The highest BCUT2D eigenvalue weighted by molar-refractivity contribution is 6.32. The lowest BCUT2D eigenvalue weighted by atomic mass is 10.1. The molecule has 110 valence electrons. The molecule has 3 rings (SSSR count). The summed E-state index contributed by atoms with van der Waals surface area (Å²) in [6, 6.07) is 11.4. The third kappa shape index (κ3) is 2.68. The molecular weight excluding hydrogens is 296 g/mol. The summed E-state index contributed by atoms with van der Waals surface area (Å²) < 4.78 is 1.55. The molecule has 0 aliphatic heterocycles. The van der Waals surface area contributed by atoms with Gasteiger partial charge in [-0.1, -0.05) is 29.8 Å². The van der Waals surface area contributed by atoms with Gasteiger partial charge in [0.2, 0.25) is 0 Å². The van der Waals surface area contributed by atoms with Crippen molar-refractivity contribution in [2.45, 2.75) is 13.8 Å². The van der Waals surface area contributed by atoms with E-state index in [4.69, 9.17) is 11.6 Å². The van der Waals surface area contributed by atoms with Crippen molar-refractivity contribution in [3.05, 3.63) is 70.5 Å². The fourth-order valence-corrected chi connectivity index (χ4v) is 2.49. The normalized spacial score (nSPS) is 11.4. The van der Waals surface area contributed by atoms with Crippen LogP contribution in [0.2, 0.25) is 5.02 Å². The van der Waals surface area contributed by atoms with Gasteiger partial charge in [0.05, 0.1) is 11.0 Å². The van der Waals surface area contributed by atoms with Gasteiger partial charge < -0.3 is 0 Å². The van der Waals surface area contributed by atoms with E-state index in [0.717, 1.165) is 27.7 Å². The van der Waals surface area contributed by atoms with Crippen LogP contribution in [-0.4, -0.2) is 15.5 Å². The molecule has 0 aliphatic rings. The highest BCUT2D eigenvalue weighted by Gasteiger charge is 2.09. The summed E-state index contributed by atoms with van der Waals surface area (Å²) in [5.74, 6) is -0.148. The highest BCUT2D eigenvalue weighted by Crippen LogP contribution is 2.19. The summed E-state index contributed by atoms with van der Waals surface area (Å²) in [4.78, 5) is 16.7. The fraction of sp³-hybridized carbons (Fsp3) is 0.111. The average molecular weight is 311 g/mol. The second kappa shape index (κ2) is 5.78. The molecule has 0 atom stereocenters. The third-order valence-electron chi connectivity index (χ3n) is 3.71. The number of aromatic nitrogens is 2. The number of rotatable bonds is 2. The quantitative estimate of drug-likeness (QED) is 0.645. The largest absolute Gasteiger partial charge is 0.269 e. The van der Waals surface area contributed by atoms with E-state index in [0.29, 0.717) is 5.02 Å². The number of nitrogens with zero attached hydrogens (tertiary/aromatic N) is 2. The summed E-state index contributed by atoms with van der Waals surface area (Å²) in [7, 11) is 0. The van der Waals surface area contributed by atoms with Crippen LogP contribution < -0.4 is 0 Å². The monoisotopic (exact) mass is 310 g/mol. The van der Waals surface area contributed by atoms with Crippen LogP contribution in [0.15, 0.2) is 48.8 Å². The van der Waals surface area contributed by atoms with Gasteiger partial charge in [-0.15, -0.1) is 0 Å². The van der Waals surface area contributed by atoms with Crippen LogP contribution in [0.4, 0.5) is 0 Å². The minimum Gasteiger partial charge on any atom is -0.269 e. The Bertz CT molecular complexity index is 893. The zero-order valence-corrected chi connectivity index (χ0v) is 13.1. The first-order valence-corrected chi connectivity index (χ1v) is 7.35. The van der Waals surface area contributed by atoms with Crippen molar-refractivity contribution >= 4 is 34.6 Å². The standard InChI is InChI=1S/C18H15ClN2O/c1-12-9-16-17(10-13(12)2)21(11-20-16)18(22)8-7-14-5-3-4-6-15(14)19/h3-11H,1-2H3. The number of carbonyl (C=O) groups excluding carboxylic acids is 1. The van der Waals surface area contributed by atoms with Gasteiger partial charge in [0.25, 0.3) is 5.91 Å². The zero-order valence-electron chi connectivity index (χ0n) is 12.4. The molecule has 3 nitrogen and oxygen atoms in total. The maximum Gasteiger partial charge on any atom is 0.256 e. The number of allylic oxidation sites excluding steroid dienone is 1. The van der Waals surface area contributed by atoms with Crippen LogP contribution in [0.3, 0.4) is 0 Å². The number of halogens is 1. The highest BCUT2D eigenvalue weighted by atomic mass is 35.5. The first-order chi connectivity index (χ1) is 10.6. The molecule has 4 heteroatoms. The van der Waals surface area contributed by atoms with Crippen LogP contribution in [0.25, 0.3) is 17.1 Å². The minimum absolute atomic E-state index is 0.148. The molecule has 0 unspecified atom stereocenters. The maximum atomic E-state index is 12.4. The van der Waals surface area contributed by atoms with Crippen LogP contribution in [0.1, 0.15) is 21.5 Å². The number of carbonyl (C=O) groups is 1. The second-order valence-electron chi connectivity index (χ2n) is 5.23. The number of imidazole rings is 1. The van der Waals surface area contributed by atoms with E-state index >= 15 is 0 Å². The van der Waals surface area contributed by atoms with Gasteiger partial charge in [-0.05, 0) is 54.8 Å². The van der Waals surface area contributed by atoms with Gasteiger partial charge in [-0.25, -0.2) is 4.98 Å². The van der Waals surface area contributed by atoms with Crippen molar-refractivity contribution in [1.29, 1.82) is 0 Å². The lowest BCUT2D eigenvalue weighted by Gasteiger charge is -2.02. The van der Waals surface area contributed by atoms with Crippen LogP contribution in [-0.2, 0) is 0 Å². The number of fused-ring (bicyclic) bond motifs is 1. The van der Waals surface area contributed by atoms with Crippen molar-refractivity contribution in [2.75, 3.05) is 0 Å². The summed E-state index contributed by atoms with van der Waals surface area (Å²) in [6.07, 6.45) is 4.79. The van der Waals surface area contributed by atoms with Crippen molar-refractivity contribution in [2.24, 2.45) is 0 Å². The van der Waals surface area contributed by atoms with E-state index in [2.05, 4.69) is 4.98 Å². The molecule has 0 spiro atoms. The van der Waals surface area contributed by atoms with Crippen molar-refractivity contribution in [1.82, 2.24) is 9.55 Å². The molecule has 0 saturated carbocycles. The van der Waals surface area contributed by atoms with E-state index in [-0.39, 0.29) is 5.91 Å². The van der Waals surface area contributed by atoms with Gasteiger partial charge in [0, 0.05) is 11.1 Å². The van der Waals surface area contributed by atoms with E-state index in [1.807, 2.05) is 44.2 Å². The third-order valence-corrected chi connectivity index (χ3v) is 4.06. The number of benzene rings is 2. The summed E-state index contributed by atoms with van der Waals surface area (Å²) in [5, 5.41) is 0.619. The molecule has 0 bridgehead atoms. The Balaban J connectivity index is 1.96. The summed E-state index contributed by atoms with van der Waals surface area (Å²) >= 11 is 6.08. The molecule has 22 heavy (non-hydrogen) atoms. The zero-order chi connectivity index (χ0) is 15.7. The molecule has 0 N–H and O–H groups in total. The predicted octanol–water partition coefficient (Wildman–Crippen LogP) is 4.66. The second-order valence-corrected chi connectivity index (χ2v) is 5.64. The van der Waals surface area contributed by atoms with Gasteiger partial charge in [-0.3, -0.25) is 9.36 Å². The van der Waals surface area contributed by atoms with E-state index < -0.39 is 0 Å². The Morgan fingerprint density at radius 2 is 1.91 bits per heavy atom. The molecule has 2 aromatic carbocycles. The van der Waals surface area contributed by atoms with Gasteiger partial charge >= 0.3 is 0 Å². The summed E-state index contributed by atoms with van der Waals surface area (Å²) in [5.41, 5.74) is 4.75. The Labute approximate surface area is 133 Å².